The number of nitrogens with one attached hydrogen (secondary N) is 3. The van der Waals surface area contributed by atoms with Crippen LogP contribution in [0.2, 0.25) is 0 Å². The highest BCUT2D eigenvalue weighted by atomic mass is 16.6. The summed E-state index contributed by atoms with van der Waals surface area (Å²) in [6.07, 6.45) is -1.17. The third-order valence-electron chi connectivity index (χ3n) is 5.36. The molecular weight excluding hydrogens is 494 g/mol. The molecule has 38 heavy (non-hydrogen) atoms. The zero-order chi connectivity index (χ0) is 29.0. The number of alkyl carbamates (subject to hydrolysis) is 1. The van der Waals surface area contributed by atoms with Crippen molar-refractivity contribution in [2.45, 2.75) is 91.6 Å². The Morgan fingerprint density at radius 1 is 0.842 bits per heavy atom. The number of aliphatic carboxylic acids is 1. The molecule has 0 heterocycles. The Morgan fingerprint density at radius 2 is 1.39 bits per heavy atom. The number of amides is 3. The minimum Gasteiger partial charge on any atom is -0.480 e. The highest BCUT2D eigenvalue weighted by Gasteiger charge is 2.33. The molecule has 0 saturated heterocycles. The predicted octanol–water partition coefficient (Wildman–Crippen LogP) is 2.77. The summed E-state index contributed by atoms with van der Waals surface area (Å²) in [7, 11) is 0. The van der Waals surface area contributed by atoms with Crippen molar-refractivity contribution >= 4 is 29.8 Å². The van der Waals surface area contributed by atoms with Crippen LogP contribution in [0.25, 0.3) is 0 Å². The zero-order valence-electron chi connectivity index (χ0n) is 23.2. The Balaban J connectivity index is 2.95. The Hall–Kier alpha value is -3.63. The fourth-order valence-electron chi connectivity index (χ4n) is 3.34. The van der Waals surface area contributed by atoms with Crippen molar-refractivity contribution in [3.63, 3.8) is 0 Å². The molecule has 0 spiro atoms. The largest absolute Gasteiger partial charge is 0.480 e. The SMILES string of the molecule is CC(C)[C@H](NC(=O)[C@@H](NC(=O)[C@H](CCC(=O)OCc1ccccc1)NC(=O)OC(C)(C)C)C(C)C)C(=O)O. The Morgan fingerprint density at radius 3 is 1.89 bits per heavy atom. The van der Waals surface area contributed by atoms with E-state index in [0.29, 0.717) is 0 Å². The van der Waals surface area contributed by atoms with Crippen molar-refractivity contribution in [1.29, 1.82) is 0 Å². The van der Waals surface area contributed by atoms with E-state index in [9.17, 15) is 29.1 Å². The number of ether oxygens (including phenoxy) is 2. The highest BCUT2D eigenvalue weighted by molar-refractivity contribution is 5.93. The van der Waals surface area contributed by atoms with Crippen LogP contribution in [0.5, 0.6) is 0 Å². The molecule has 0 aromatic heterocycles. The second-order valence-electron chi connectivity index (χ2n) is 10.7. The van der Waals surface area contributed by atoms with Gasteiger partial charge in [0.15, 0.2) is 0 Å². The van der Waals surface area contributed by atoms with Gasteiger partial charge in [0.25, 0.3) is 0 Å². The molecule has 0 bridgehead atoms. The molecule has 0 aliphatic heterocycles. The lowest BCUT2D eigenvalue weighted by Crippen LogP contribution is -2.58. The van der Waals surface area contributed by atoms with Crippen molar-refractivity contribution in [2.24, 2.45) is 11.8 Å². The molecule has 0 aliphatic carbocycles. The molecular formula is C27H41N3O8. The molecule has 0 unspecified atom stereocenters. The molecule has 0 radical (unpaired) electrons. The van der Waals surface area contributed by atoms with Crippen molar-refractivity contribution in [1.82, 2.24) is 16.0 Å². The van der Waals surface area contributed by atoms with Gasteiger partial charge in [0.05, 0.1) is 0 Å². The number of carbonyl (C=O) groups is 5. The smallest absolute Gasteiger partial charge is 0.408 e. The first kappa shape index (κ1) is 32.4. The van der Waals surface area contributed by atoms with Crippen LogP contribution in [0.4, 0.5) is 4.79 Å². The van der Waals surface area contributed by atoms with E-state index in [1.54, 1.807) is 60.6 Å². The van der Waals surface area contributed by atoms with Gasteiger partial charge in [-0.05, 0) is 44.6 Å². The summed E-state index contributed by atoms with van der Waals surface area (Å²) in [5, 5.41) is 16.9. The van der Waals surface area contributed by atoms with Crippen LogP contribution < -0.4 is 16.0 Å². The monoisotopic (exact) mass is 535 g/mol. The lowest BCUT2D eigenvalue weighted by atomic mass is 9.99. The summed E-state index contributed by atoms with van der Waals surface area (Å²) in [6.45, 7) is 11.7. The Bertz CT molecular complexity index is 957. The van der Waals surface area contributed by atoms with E-state index in [0.717, 1.165) is 5.56 Å². The quantitative estimate of drug-likeness (QED) is 0.281. The van der Waals surface area contributed by atoms with Crippen molar-refractivity contribution in [2.75, 3.05) is 0 Å². The molecule has 1 aromatic carbocycles. The molecule has 3 atom stereocenters. The third kappa shape index (κ3) is 12.1. The highest BCUT2D eigenvalue weighted by Crippen LogP contribution is 2.11. The minimum atomic E-state index is -1.22. The van der Waals surface area contributed by atoms with E-state index in [1.165, 1.54) is 0 Å². The zero-order valence-corrected chi connectivity index (χ0v) is 23.2. The first-order valence-electron chi connectivity index (χ1n) is 12.6. The second-order valence-corrected chi connectivity index (χ2v) is 10.7. The molecule has 11 nitrogen and oxygen atoms in total. The Kier molecular flexibility index (Phi) is 12.7. The van der Waals surface area contributed by atoms with Gasteiger partial charge in [0, 0.05) is 6.42 Å². The number of carboxylic acids is 1. The summed E-state index contributed by atoms with van der Waals surface area (Å²) in [5.74, 6) is -3.95. The topological polar surface area (TPSA) is 160 Å². The van der Waals surface area contributed by atoms with E-state index in [2.05, 4.69) is 16.0 Å². The van der Waals surface area contributed by atoms with Crippen LogP contribution in [-0.4, -0.2) is 58.7 Å². The van der Waals surface area contributed by atoms with Crippen LogP contribution in [0.1, 0.15) is 66.9 Å². The molecule has 4 N–H and O–H groups in total. The first-order valence-corrected chi connectivity index (χ1v) is 12.6. The van der Waals surface area contributed by atoms with Gasteiger partial charge in [-0.15, -0.1) is 0 Å². The van der Waals surface area contributed by atoms with Crippen molar-refractivity contribution < 1.29 is 38.6 Å². The van der Waals surface area contributed by atoms with Crippen LogP contribution >= 0.6 is 0 Å². The fraction of sp³-hybridized carbons (Fsp3) is 0.593. The molecule has 3 amide bonds. The standard InChI is InChI=1S/C27H41N3O8/c1-16(2)21(24(33)30-22(17(3)4)25(34)35)29-23(32)19(28-26(36)38-27(5,6)7)13-14-20(31)37-15-18-11-9-8-10-12-18/h8-12,16-17,19,21-22H,13-15H2,1-7H3,(H,28,36)(H,29,32)(H,30,33)(H,34,35)/t19-,21-,22-/m0/s1. The van der Waals surface area contributed by atoms with Crippen LogP contribution in [0, 0.1) is 11.8 Å². The summed E-state index contributed by atoms with van der Waals surface area (Å²) in [4.78, 5) is 62.3. The van der Waals surface area contributed by atoms with Crippen LogP contribution in [0.3, 0.4) is 0 Å². The maximum absolute atomic E-state index is 13.2. The number of carbonyl (C=O) groups excluding carboxylic acids is 4. The van der Waals surface area contributed by atoms with Crippen molar-refractivity contribution in [3.05, 3.63) is 35.9 Å². The average Bonchev–Trinajstić information content (AvgIpc) is 2.80. The van der Waals surface area contributed by atoms with Crippen LogP contribution in [-0.2, 0) is 35.3 Å². The molecule has 1 rings (SSSR count). The number of esters is 1. The molecule has 1 aromatic rings. The van der Waals surface area contributed by atoms with E-state index in [1.807, 2.05) is 18.2 Å². The van der Waals surface area contributed by atoms with Gasteiger partial charge in [0.1, 0.15) is 30.3 Å². The lowest BCUT2D eigenvalue weighted by molar-refractivity contribution is -0.145. The van der Waals surface area contributed by atoms with Gasteiger partial charge in [0.2, 0.25) is 11.8 Å². The molecule has 0 saturated carbocycles. The maximum atomic E-state index is 13.2. The summed E-state index contributed by atoms with van der Waals surface area (Å²) >= 11 is 0. The second kappa shape index (κ2) is 14.9. The minimum absolute atomic E-state index is 0.0617. The normalized spacial score (nSPS) is 13.7. The van der Waals surface area contributed by atoms with Gasteiger partial charge in [-0.25, -0.2) is 9.59 Å². The van der Waals surface area contributed by atoms with Gasteiger partial charge < -0.3 is 30.5 Å². The van der Waals surface area contributed by atoms with Gasteiger partial charge >= 0.3 is 18.0 Å². The van der Waals surface area contributed by atoms with Gasteiger partial charge in [-0.2, -0.15) is 0 Å². The van der Waals surface area contributed by atoms with E-state index in [-0.39, 0.29) is 25.4 Å². The van der Waals surface area contributed by atoms with Crippen molar-refractivity contribution in [3.8, 4) is 0 Å². The molecule has 0 fully saturated rings. The van der Waals surface area contributed by atoms with E-state index < -0.39 is 59.5 Å². The average molecular weight is 536 g/mol. The third-order valence-corrected chi connectivity index (χ3v) is 5.36. The number of rotatable bonds is 13. The maximum Gasteiger partial charge on any atom is 0.408 e. The van der Waals surface area contributed by atoms with E-state index >= 15 is 0 Å². The fourth-order valence-corrected chi connectivity index (χ4v) is 3.34. The lowest BCUT2D eigenvalue weighted by Gasteiger charge is -2.28. The number of hydrogen-bond acceptors (Lipinski definition) is 7. The number of hydrogen-bond donors (Lipinski definition) is 4. The summed E-state index contributed by atoms with van der Waals surface area (Å²) in [6, 6.07) is 5.63. The van der Waals surface area contributed by atoms with E-state index in [4.69, 9.17) is 9.47 Å². The van der Waals surface area contributed by atoms with Crippen LogP contribution in [0.15, 0.2) is 30.3 Å². The number of benzene rings is 1. The molecule has 0 aliphatic rings. The Labute approximate surface area is 224 Å². The van der Waals surface area contributed by atoms with Gasteiger partial charge in [-0.1, -0.05) is 58.0 Å². The molecule has 212 valence electrons. The summed E-state index contributed by atoms with van der Waals surface area (Å²) < 4.78 is 10.5. The van der Waals surface area contributed by atoms with Gasteiger partial charge in [-0.3, -0.25) is 14.4 Å². The number of carboxylic acid groups (broad SMARTS) is 1. The first-order chi connectivity index (χ1) is 17.6. The predicted molar refractivity (Wildman–Crippen MR) is 140 cm³/mol. The summed E-state index contributed by atoms with van der Waals surface area (Å²) in [5.41, 5.74) is -0.0307. The molecule has 11 heteroatoms.